The molecule has 0 aliphatic rings. The third-order valence-corrected chi connectivity index (χ3v) is 3.41. The van der Waals surface area contributed by atoms with Crippen LogP contribution in [0.1, 0.15) is 22.0 Å². The number of ether oxygens (including phenoxy) is 1. The van der Waals surface area contributed by atoms with Crippen LogP contribution in [0.4, 0.5) is 11.4 Å². The van der Waals surface area contributed by atoms with Gasteiger partial charge in [-0.25, -0.2) is 0 Å². The molecule has 7 nitrogen and oxygen atoms in total. The van der Waals surface area contributed by atoms with Gasteiger partial charge < -0.3 is 15.8 Å². The predicted molar refractivity (Wildman–Crippen MR) is 86.3 cm³/mol. The van der Waals surface area contributed by atoms with Gasteiger partial charge in [0.25, 0.3) is 11.6 Å². The molecule has 0 fully saturated rings. The van der Waals surface area contributed by atoms with Crippen LogP contribution in [0.5, 0.6) is 0 Å². The van der Waals surface area contributed by atoms with Crippen LogP contribution in [0, 0.1) is 10.1 Å². The van der Waals surface area contributed by atoms with Crippen LogP contribution < -0.4 is 11.1 Å². The minimum absolute atomic E-state index is 0.0714. The zero-order chi connectivity index (χ0) is 16.8. The number of hydrogen-bond donors (Lipinski definition) is 2. The first-order valence-corrected chi connectivity index (χ1v) is 6.92. The fourth-order valence-electron chi connectivity index (χ4n) is 2.21. The zero-order valence-electron chi connectivity index (χ0n) is 12.6. The Balaban J connectivity index is 2.19. The van der Waals surface area contributed by atoms with E-state index in [2.05, 4.69) is 5.32 Å². The molecule has 1 amide bonds. The summed E-state index contributed by atoms with van der Waals surface area (Å²) in [7, 11) is 1.59. The highest BCUT2D eigenvalue weighted by Gasteiger charge is 2.16. The molecule has 3 N–H and O–H groups in total. The summed E-state index contributed by atoms with van der Waals surface area (Å²) in [6.07, 6.45) is -0.230. The summed E-state index contributed by atoms with van der Waals surface area (Å²) in [6, 6.07) is 13.5. The second-order valence-corrected chi connectivity index (χ2v) is 4.87. The average molecular weight is 315 g/mol. The highest BCUT2D eigenvalue weighted by molar-refractivity contribution is 5.99. The van der Waals surface area contributed by atoms with Crippen molar-refractivity contribution < 1.29 is 14.5 Å². The number of anilines is 1. The lowest BCUT2D eigenvalue weighted by Gasteiger charge is -2.18. The van der Waals surface area contributed by atoms with Gasteiger partial charge in [-0.3, -0.25) is 14.9 Å². The number of primary amides is 1. The van der Waals surface area contributed by atoms with E-state index in [4.69, 9.17) is 10.5 Å². The van der Waals surface area contributed by atoms with Gasteiger partial charge in [0.2, 0.25) is 0 Å². The molecule has 0 radical (unpaired) electrons. The topological polar surface area (TPSA) is 107 Å². The number of non-ortho nitro benzene ring substituents is 1. The lowest BCUT2D eigenvalue weighted by molar-refractivity contribution is -0.384. The van der Waals surface area contributed by atoms with Crippen LogP contribution in [0.2, 0.25) is 0 Å². The molecule has 0 saturated carbocycles. The molecule has 0 saturated heterocycles. The van der Waals surface area contributed by atoms with Crippen molar-refractivity contribution >= 4 is 17.3 Å². The number of benzene rings is 2. The number of methoxy groups -OCH3 is 1. The number of rotatable bonds is 7. The standard InChI is InChI=1S/C16H17N3O4/c1-23-15(11-5-3-2-4-6-11)10-18-14-8-7-12(19(21)22)9-13(14)16(17)20/h2-9,15,18H,10H2,1H3,(H2,17,20)/t15-/m0/s1. The Labute approximate surface area is 133 Å². The highest BCUT2D eigenvalue weighted by atomic mass is 16.6. The third kappa shape index (κ3) is 4.04. The SMILES string of the molecule is CO[C@@H](CNc1ccc([N+](=O)[O-])cc1C(N)=O)c1ccccc1. The van der Waals surface area contributed by atoms with E-state index < -0.39 is 10.8 Å². The maximum absolute atomic E-state index is 11.5. The minimum atomic E-state index is -0.732. The van der Waals surface area contributed by atoms with Crippen molar-refractivity contribution in [3.05, 3.63) is 69.8 Å². The molecular weight excluding hydrogens is 298 g/mol. The molecule has 23 heavy (non-hydrogen) atoms. The quantitative estimate of drug-likeness (QED) is 0.603. The Kier molecular flexibility index (Phi) is 5.27. The molecule has 120 valence electrons. The van der Waals surface area contributed by atoms with E-state index in [9.17, 15) is 14.9 Å². The molecule has 7 heteroatoms. The van der Waals surface area contributed by atoms with Crippen molar-refractivity contribution in [3.8, 4) is 0 Å². The third-order valence-electron chi connectivity index (χ3n) is 3.41. The average Bonchev–Trinajstić information content (AvgIpc) is 2.56. The van der Waals surface area contributed by atoms with Crippen LogP contribution >= 0.6 is 0 Å². The van der Waals surface area contributed by atoms with Crippen molar-refractivity contribution in [2.75, 3.05) is 19.0 Å². The summed E-state index contributed by atoms with van der Waals surface area (Å²) < 4.78 is 5.43. The maximum atomic E-state index is 11.5. The van der Waals surface area contributed by atoms with Crippen LogP contribution in [0.3, 0.4) is 0 Å². The molecule has 2 aromatic carbocycles. The molecule has 2 aromatic rings. The highest BCUT2D eigenvalue weighted by Crippen LogP contribution is 2.23. The van der Waals surface area contributed by atoms with E-state index in [1.54, 1.807) is 7.11 Å². The molecule has 1 atom stereocenters. The van der Waals surface area contributed by atoms with E-state index in [1.165, 1.54) is 12.1 Å². The molecule has 0 spiro atoms. The van der Waals surface area contributed by atoms with Crippen molar-refractivity contribution in [1.82, 2.24) is 0 Å². The number of nitrogens with two attached hydrogens (primary N) is 1. The summed E-state index contributed by atoms with van der Waals surface area (Å²) in [5.41, 5.74) is 6.60. The van der Waals surface area contributed by atoms with E-state index in [0.717, 1.165) is 11.6 Å². The van der Waals surface area contributed by atoms with Gasteiger partial charge in [0.15, 0.2) is 0 Å². The van der Waals surface area contributed by atoms with Crippen LogP contribution in [-0.4, -0.2) is 24.5 Å². The normalized spacial score (nSPS) is 11.7. The van der Waals surface area contributed by atoms with Crippen molar-refractivity contribution in [1.29, 1.82) is 0 Å². The van der Waals surface area contributed by atoms with Crippen molar-refractivity contribution in [2.24, 2.45) is 5.73 Å². The van der Waals surface area contributed by atoms with Gasteiger partial charge in [-0.2, -0.15) is 0 Å². The van der Waals surface area contributed by atoms with Gasteiger partial charge in [0.1, 0.15) is 0 Å². The van der Waals surface area contributed by atoms with E-state index in [1.807, 2.05) is 30.3 Å². The van der Waals surface area contributed by atoms with Crippen LogP contribution in [0.15, 0.2) is 48.5 Å². The number of nitro benzene ring substituents is 1. The lowest BCUT2D eigenvalue weighted by Crippen LogP contribution is -2.19. The molecule has 0 aliphatic carbocycles. The number of carbonyl (C=O) groups excluding carboxylic acids is 1. The molecule has 0 bridgehead atoms. The van der Waals surface area contributed by atoms with E-state index >= 15 is 0 Å². The van der Waals surface area contributed by atoms with Crippen molar-refractivity contribution in [3.63, 3.8) is 0 Å². The number of amides is 1. The molecular formula is C16H17N3O4. The monoisotopic (exact) mass is 315 g/mol. The van der Waals surface area contributed by atoms with Crippen molar-refractivity contribution in [2.45, 2.75) is 6.10 Å². The Hall–Kier alpha value is -2.93. The smallest absolute Gasteiger partial charge is 0.270 e. The zero-order valence-corrected chi connectivity index (χ0v) is 12.6. The van der Waals surface area contributed by atoms with Gasteiger partial charge in [-0.15, -0.1) is 0 Å². The molecule has 0 heterocycles. The summed E-state index contributed by atoms with van der Waals surface area (Å²) in [5, 5.41) is 13.9. The molecule has 0 aromatic heterocycles. The molecule has 2 rings (SSSR count). The van der Waals surface area contributed by atoms with E-state index in [0.29, 0.717) is 12.2 Å². The van der Waals surface area contributed by atoms with Gasteiger partial charge >= 0.3 is 0 Å². The maximum Gasteiger partial charge on any atom is 0.270 e. The number of hydrogen-bond acceptors (Lipinski definition) is 5. The first-order chi connectivity index (χ1) is 11.0. The Morgan fingerprint density at radius 3 is 2.57 bits per heavy atom. The summed E-state index contributed by atoms with van der Waals surface area (Å²) in [4.78, 5) is 21.7. The molecule has 0 aliphatic heterocycles. The lowest BCUT2D eigenvalue weighted by atomic mass is 10.1. The summed E-state index contributed by atoms with van der Waals surface area (Å²) in [6.45, 7) is 0.388. The second-order valence-electron chi connectivity index (χ2n) is 4.87. The summed E-state index contributed by atoms with van der Waals surface area (Å²) >= 11 is 0. The van der Waals surface area contributed by atoms with Gasteiger partial charge in [0.05, 0.1) is 16.6 Å². The van der Waals surface area contributed by atoms with Gasteiger partial charge in [-0.1, -0.05) is 30.3 Å². The number of nitrogens with zero attached hydrogens (tertiary/aromatic N) is 1. The first kappa shape index (κ1) is 16.4. The number of nitrogens with one attached hydrogen (secondary N) is 1. The van der Waals surface area contributed by atoms with Crippen LogP contribution in [0.25, 0.3) is 0 Å². The Bertz CT molecular complexity index is 704. The van der Waals surface area contributed by atoms with E-state index in [-0.39, 0.29) is 17.4 Å². The fourth-order valence-corrected chi connectivity index (χ4v) is 2.21. The van der Waals surface area contributed by atoms with Gasteiger partial charge in [0, 0.05) is 31.5 Å². The number of carbonyl (C=O) groups is 1. The molecule has 0 unspecified atom stereocenters. The Morgan fingerprint density at radius 2 is 2.00 bits per heavy atom. The fraction of sp³-hybridized carbons (Fsp3) is 0.188. The van der Waals surface area contributed by atoms with Crippen LogP contribution in [-0.2, 0) is 4.74 Å². The number of nitro groups is 1. The predicted octanol–water partition coefficient (Wildman–Crippen LogP) is 2.49. The largest absolute Gasteiger partial charge is 0.381 e. The van der Waals surface area contributed by atoms with Gasteiger partial charge in [-0.05, 0) is 11.6 Å². The first-order valence-electron chi connectivity index (χ1n) is 6.92. The Morgan fingerprint density at radius 1 is 1.30 bits per heavy atom. The second kappa shape index (κ2) is 7.37. The summed E-state index contributed by atoms with van der Waals surface area (Å²) in [5.74, 6) is -0.732. The minimum Gasteiger partial charge on any atom is -0.381 e.